The molecule has 2 N–H and O–H groups in total. The van der Waals surface area contributed by atoms with Crippen molar-refractivity contribution >= 4 is 6.72 Å². The number of hydrogen-bond donors (Lipinski definition) is 1. The fourth-order valence-corrected chi connectivity index (χ4v) is 1.58. The summed E-state index contributed by atoms with van der Waals surface area (Å²) in [5.74, 6) is -0.342. The quantitative estimate of drug-likeness (QED) is 0.488. The fraction of sp³-hybridized carbons (Fsp3) is 0.214. The zero-order valence-corrected chi connectivity index (χ0v) is 10.7. The lowest BCUT2D eigenvalue weighted by Gasteiger charge is -2.19. The van der Waals surface area contributed by atoms with Crippen LogP contribution in [0.5, 0.6) is 0 Å². The Morgan fingerprint density at radius 2 is 2.26 bits per heavy atom. The van der Waals surface area contributed by atoms with Gasteiger partial charge in [0, 0.05) is 5.56 Å². The highest BCUT2D eigenvalue weighted by Gasteiger charge is 2.18. The first-order valence-corrected chi connectivity index (χ1v) is 5.61. The zero-order valence-electron chi connectivity index (χ0n) is 10.7. The highest BCUT2D eigenvalue weighted by atomic mass is 19.1. The second-order valence-electron chi connectivity index (χ2n) is 3.87. The number of aryl methyl sites for hydroxylation is 1. The van der Waals surface area contributed by atoms with Gasteiger partial charge in [0.2, 0.25) is 0 Å². The van der Waals surface area contributed by atoms with Crippen LogP contribution in [-0.2, 0) is 4.74 Å². The molecular weight excluding hydrogens is 250 g/mol. The van der Waals surface area contributed by atoms with Gasteiger partial charge < -0.3 is 10.5 Å². The predicted molar refractivity (Wildman–Crippen MR) is 71.9 cm³/mol. The van der Waals surface area contributed by atoms with E-state index >= 15 is 0 Å². The molecule has 0 saturated carbocycles. The first-order valence-electron chi connectivity index (χ1n) is 5.61. The molecule has 0 spiro atoms. The molecule has 1 rings (SSSR count). The average molecular weight is 266 g/mol. The van der Waals surface area contributed by atoms with Crippen LogP contribution in [0.15, 0.2) is 47.4 Å². The van der Waals surface area contributed by atoms with Gasteiger partial charge in [0.25, 0.3) is 0 Å². The molecular formula is C14H16F2N2O. The first-order chi connectivity index (χ1) is 9.03. The molecule has 0 aliphatic heterocycles. The van der Waals surface area contributed by atoms with Gasteiger partial charge in [-0.3, -0.25) is 0 Å². The number of aliphatic imine (C=N–C) groups is 1. The lowest BCUT2D eigenvalue weighted by Crippen LogP contribution is -2.11. The Bertz CT molecular complexity index is 512. The molecule has 19 heavy (non-hydrogen) atoms. The van der Waals surface area contributed by atoms with Gasteiger partial charge in [0.15, 0.2) is 17.7 Å². The Morgan fingerprint density at radius 1 is 1.58 bits per heavy atom. The third-order valence-electron chi connectivity index (χ3n) is 2.61. The monoisotopic (exact) mass is 266 g/mol. The minimum absolute atomic E-state index is 0.00232. The molecule has 1 atom stereocenters. The SMILES string of the molecule is C=C/C(OC(CF)c1cc(F)ccc1C)=C(/N)N=C. The van der Waals surface area contributed by atoms with Crippen LogP contribution in [0.2, 0.25) is 0 Å². The van der Waals surface area contributed by atoms with E-state index < -0.39 is 18.6 Å². The Labute approximate surface area is 111 Å². The Morgan fingerprint density at radius 3 is 2.79 bits per heavy atom. The van der Waals surface area contributed by atoms with E-state index in [0.29, 0.717) is 5.56 Å². The summed E-state index contributed by atoms with van der Waals surface area (Å²) in [4.78, 5) is 3.50. The topological polar surface area (TPSA) is 47.6 Å². The molecule has 0 amide bonds. The van der Waals surface area contributed by atoms with Crippen LogP contribution in [0.4, 0.5) is 8.78 Å². The lowest BCUT2D eigenvalue weighted by molar-refractivity contribution is 0.0962. The van der Waals surface area contributed by atoms with Crippen molar-refractivity contribution < 1.29 is 13.5 Å². The van der Waals surface area contributed by atoms with Crippen LogP contribution in [0.3, 0.4) is 0 Å². The van der Waals surface area contributed by atoms with Crippen molar-refractivity contribution in [3.63, 3.8) is 0 Å². The van der Waals surface area contributed by atoms with Gasteiger partial charge in [-0.2, -0.15) is 0 Å². The molecule has 3 nitrogen and oxygen atoms in total. The molecule has 1 unspecified atom stereocenters. The van der Waals surface area contributed by atoms with Gasteiger partial charge in [-0.05, 0) is 37.4 Å². The van der Waals surface area contributed by atoms with Crippen molar-refractivity contribution in [3.8, 4) is 0 Å². The molecule has 0 bridgehead atoms. The maximum Gasteiger partial charge on any atom is 0.165 e. The van der Waals surface area contributed by atoms with E-state index in [2.05, 4.69) is 18.3 Å². The van der Waals surface area contributed by atoms with Gasteiger partial charge in [-0.15, -0.1) is 0 Å². The van der Waals surface area contributed by atoms with Gasteiger partial charge in [0.05, 0.1) is 0 Å². The maximum absolute atomic E-state index is 13.2. The third kappa shape index (κ3) is 3.64. The summed E-state index contributed by atoms with van der Waals surface area (Å²) in [5, 5.41) is 0. The second kappa shape index (κ2) is 6.68. The number of ether oxygens (including phenoxy) is 1. The fourth-order valence-electron chi connectivity index (χ4n) is 1.58. The van der Waals surface area contributed by atoms with Crippen molar-refractivity contribution in [2.75, 3.05) is 6.67 Å². The number of nitrogens with two attached hydrogens (primary N) is 1. The lowest BCUT2D eigenvalue weighted by atomic mass is 10.0. The van der Waals surface area contributed by atoms with E-state index in [4.69, 9.17) is 10.5 Å². The highest BCUT2D eigenvalue weighted by Crippen LogP contribution is 2.26. The normalized spacial score (nSPS) is 13.4. The average Bonchev–Trinajstić information content (AvgIpc) is 2.42. The van der Waals surface area contributed by atoms with Gasteiger partial charge in [-0.1, -0.05) is 12.6 Å². The standard InChI is InChI=1S/C14H16F2N2O/c1-4-12(14(17)18-3)19-13(8-15)11-7-10(16)6-5-9(11)2/h4-7,13H,1,3,8,17H2,2H3/b14-12+. The zero-order chi connectivity index (χ0) is 14.4. The van der Waals surface area contributed by atoms with Crippen LogP contribution >= 0.6 is 0 Å². The summed E-state index contributed by atoms with van der Waals surface area (Å²) in [6.07, 6.45) is 0.338. The van der Waals surface area contributed by atoms with E-state index in [1.54, 1.807) is 13.0 Å². The first kappa shape index (κ1) is 14.9. The summed E-state index contributed by atoms with van der Waals surface area (Å²) in [6.45, 7) is 7.67. The predicted octanol–water partition coefficient (Wildman–Crippen LogP) is 3.18. The Hall–Kier alpha value is -2.17. The van der Waals surface area contributed by atoms with Gasteiger partial charge in [0.1, 0.15) is 12.5 Å². The number of halogens is 2. The van der Waals surface area contributed by atoms with Crippen LogP contribution in [-0.4, -0.2) is 13.4 Å². The summed E-state index contributed by atoms with van der Waals surface area (Å²) >= 11 is 0. The minimum Gasteiger partial charge on any atom is -0.479 e. The molecule has 0 radical (unpaired) electrons. The largest absolute Gasteiger partial charge is 0.479 e. The molecule has 0 fully saturated rings. The molecule has 0 aromatic heterocycles. The molecule has 102 valence electrons. The number of rotatable bonds is 6. The summed E-state index contributed by atoms with van der Waals surface area (Å²) < 4.78 is 31.7. The van der Waals surface area contributed by atoms with Gasteiger partial charge in [-0.25, -0.2) is 13.8 Å². The van der Waals surface area contributed by atoms with Crippen molar-refractivity contribution in [1.82, 2.24) is 0 Å². The third-order valence-corrected chi connectivity index (χ3v) is 2.61. The molecule has 0 heterocycles. The van der Waals surface area contributed by atoms with Crippen LogP contribution in [0.25, 0.3) is 0 Å². The molecule has 0 saturated heterocycles. The van der Waals surface area contributed by atoms with Crippen molar-refractivity contribution in [1.29, 1.82) is 0 Å². The van der Waals surface area contributed by atoms with Crippen LogP contribution in [0.1, 0.15) is 17.2 Å². The van der Waals surface area contributed by atoms with E-state index in [1.165, 1.54) is 18.2 Å². The van der Waals surface area contributed by atoms with E-state index in [0.717, 1.165) is 5.56 Å². The number of allylic oxidation sites excluding steroid dienone is 1. The van der Waals surface area contributed by atoms with E-state index in [-0.39, 0.29) is 11.6 Å². The molecule has 1 aromatic carbocycles. The number of alkyl halides is 1. The maximum atomic E-state index is 13.2. The summed E-state index contributed by atoms with van der Waals surface area (Å²) in [7, 11) is 0. The molecule has 0 aliphatic carbocycles. The summed E-state index contributed by atoms with van der Waals surface area (Å²) in [5.41, 5.74) is 6.67. The smallest absolute Gasteiger partial charge is 0.165 e. The van der Waals surface area contributed by atoms with Crippen LogP contribution in [0, 0.1) is 12.7 Å². The molecule has 1 aromatic rings. The summed E-state index contributed by atoms with van der Waals surface area (Å²) in [6, 6.07) is 4.10. The van der Waals surface area contributed by atoms with Gasteiger partial charge >= 0.3 is 0 Å². The Balaban J connectivity index is 3.11. The van der Waals surface area contributed by atoms with Crippen molar-refractivity contribution in [2.45, 2.75) is 13.0 Å². The van der Waals surface area contributed by atoms with Crippen molar-refractivity contribution in [2.24, 2.45) is 10.7 Å². The number of benzene rings is 1. The van der Waals surface area contributed by atoms with E-state index in [9.17, 15) is 8.78 Å². The number of nitrogens with zero attached hydrogens (tertiary/aromatic N) is 1. The molecule has 0 aliphatic rings. The number of hydrogen-bond acceptors (Lipinski definition) is 3. The highest BCUT2D eigenvalue weighted by molar-refractivity contribution is 5.32. The second-order valence-corrected chi connectivity index (χ2v) is 3.87. The van der Waals surface area contributed by atoms with E-state index in [1.807, 2.05) is 0 Å². The van der Waals surface area contributed by atoms with Crippen molar-refractivity contribution in [3.05, 3.63) is 59.4 Å². The minimum atomic E-state index is -0.969. The Kier molecular flexibility index (Phi) is 5.23. The van der Waals surface area contributed by atoms with Crippen LogP contribution < -0.4 is 5.73 Å². The molecule has 5 heteroatoms.